The largest absolute Gasteiger partial charge is 0.455 e. The summed E-state index contributed by atoms with van der Waals surface area (Å²) in [5.41, 5.74) is 8.10. The van der Waals surface area contributed by atoms with Crippen LogP contribution in [-0.2, 0) is 5.54 Å². The number of hydrogen-bond donors (Lipinski definition) is 1. The molecule has 2 aromatic carbocycles. The van der Waals surface area contributed by atoms with Crippen molar-refractivity contribution in [3.05, 3.63) is 101 Å². The molecule has 4 heterocycles. The lowest BCUT2D eigenvalue weighted by molar-refractivity contribution is 0.398. The number of rotatable bonds is 1. The molecule has 6 nitrogen and oxygen atoms in total. The molecule has 0 amide bonds. The van der Waals surface area contributed by atoms with Gasteiger partial charge in [-0.25, -0.2) is 15.0 Å². The van der Waals surface area contributed by atoms with Gasteiger partial charge in [-0.15, -0.1) is 0 Å². The SMILES string of the molecule is NC1=NC2(c3ccccc3O1)c1cc(-c3cccnc3F)ccc1Oc1cnc(Cl)cc12. The predicted molar refractivity (Wildman–Crippen MR) is 118 cm³/mol. The molecule has 32 heavy (non-hydrogen) atoms. The highest BCUT2D eigenvalue weighted by Gasteiger charge is 2.48. The molecule has 1 spiro atoms. The Morgan fingerprint density at radius 1 is 0.844 bits per heavy atom. The number of aliphatic imine (C=N–C) groups is 1. The fraction of sp³-hybridized carbons (Fsp3) is 0.0417. The highest BCUT2D eigenvalue weighted by molar-refractivity contribution is 6.29. The van der Waals surface area contributed by atoms with Crippen LogP contribution in [0.15, 0.2) is 78.0 Å². The molecule has 1 unspecified atom stereocenters. The van der Waals surface area contributed by atoms with E-state index in [4.69, 9.17) is 31.8 Å². The normalized spacial score (nSPS) is 18.0. The molecule has 2 aliphatic heterocycles. The third-order valence-electron chi connectivity index (χ3n) is 5.65. The van der Waals surface area contributed by atoms with E-state index in [-0.39, 0.29) is 11.2 Å². The molecule has 2 aromatic heterocycles. The van der Waals surface area contributed by atoms with Crippen LogP contribution in [0.2, 0.25) is 5.15 Å². The van der Waals surface area contributed by atoms with Crippen LogP contribution in [0.4, 0.5) is 4.39 Å². The van der Waals surface area contributed by atoms with Crippen LogP contribution in [0.25, 0.3) is 11.1 Å². The van der Waals surface area contributed by atoms with E-state index in [2.05, 4.69) is 9.97 Å². The van der Waals surface area contributed by atoms with Gasteiger partial charge in [-0.3, -0.25) is 0 Å². The molecule has 0 aliphatic carbocycles. The van der Waals surface area contributed by atoms with Crippen molar-refractivity contribution in [2.45, 2.75) is 5.54 Å². The zero-order valence-corrected chi connectivity index (χ0v) is 17.2. The summed E-state index contributed by atoms with van der Waals surface area (Å²) in [6.45, 7) is 0. The Kier molecular flexibility index (Phi) is 3.97. The van der Waals surface area contributed by atoms with Crippen molar-refractivity contribution in [3.8, 4) is 28.4 Å². The number of pyridine rings is 2. The highest BCUT2D eigenvalue weighted by Crippen LogP contribution is 2.56. The molecular weight excluding hydrogens is 431 g/mol. The predicted octanol–water partition coefficient (Wildman–Crippen LogP) is 5.04. The van der Waals surface area contributed by atoms with Gasteiger partial charge in [0.15, 0.2) is 11.3 Å². The van der Waals surface area contributed by atoms with E-state index >= 15 is 0 Å². The molecule has 156 valence electrons. The summed E-state index contributed by atoms with van der Waals surface area (Å²) in [5, 5.41) is 0.280. The maximum atomic E-state index is 14.5. The Morgan fingerprint density at radius 2 is 1.66 bits per heavy atom. The number of fused-ring (bicyclic) bond motifs is 6. The Bertz CT molecular complexity index is 1440. The lowest BCUT2D eigenvalue weighted by Gasteiger charge is -2.40. The average Bonchev–Trinajstić information content (AvgIpc) is 2.80. The first-order chi connectivity index (χ1) is 15.6. The summed E-state index contributed by atoms with van der Waals surface area (Å²) in [6.07, 6.45) is 2.97. The number of hydrogen-bond acceptors (Lipinski definition) is 6. The minimum atomic E-state index is -1.12. The minimum Gasteiger partial charge on any atom is -0.455 e. The first-order valence-electron chi connectivity index (χ1n) is 9.78. The van der Waals surface area contributed by atoms with Crippen molar-refractivity contribution in [2.75, 3.05) is 0 Å². The zero-order chi connectivity index (χ0) is 21.9. The van der Waals surface area contributed by atoms with Crippen LogP contribution in [-0.4, -0.2) is 16.0 Å². The van der Waals surface area contributed by atoms with E-state index in [0.717, 1.165) is 5.56 Å². The van der Waals surface area contributed by atoms with Crippen molar-refractivity contribution >= 4 is 17.6 Å². The lowest BCUT2D eigenvalue weighted by Crippen LogP contribution is -2.39. The Balaban J connectivity index is 1.72. The van der Waals surface area contributed by atoms with Crippen LogP contribution in [0.5, 0.6) is 17.2 Å². The summed E-state index contributed by atoms with van der Waals surface area (Å²) in [5.74, 6) is 1.03. The minimum absolute atomic E-state index is 0.00611. The fourth-order valence-corrected chi connectivity index (χ4v) is 4.50. The number of para-hydroxylation sites is 1. The molecule has 1 atom stereocenters. The molecule has 4 aromatic rings. The number of aromatic nitrogens is 2. The number of nitrogens with zero attached hydrogens (tertiary/aromatic N) is 3. The summed E-state index contributed by atoms with van der Waals surface area (Å²) in [4.78, 5) is 12.7. The number of ether oxygens (including phenoxy) is 2. The van der Waals surface area contributed by atoms with Gasteiger partial charge in [0.2, 0.25) is 5.95 Å². The van der Waals surface area contributed by atoms with Crippen molar-refractivity contribution in [3.63, 3.8) is 0 Å². The molecule has 0 fully saturated rings. The molecule has 2 aliphatic rings. The van der Waals surface area contributed by atoms with Gasteiger partial charge in [0.1, 0.15) is 16.7 Å². The number of halogens is 2. The lowest BCUT2D eigenvalue weighted by atomic mass is 9.74. The summed E-state index contributed by atoms with van der Waals surface area (Å²) >= 11 is 6.28. The number of nitrogens with two attached hydrogens (primary N) is 1. The van der Waals surface area contributed by atoms with Crippen molar-refractivity contribution in [1.82, 2.24) is 9.97 Å². The maximum Gasteiger partial charge on any atom is 0.289 e. The van der Waals surface area contributed by atoms with Crippen molar-refractivity contribution in [1.29, 1.82) is 0 Å². The second-order valence-electron chi connectivity index (χ2n) is 7.42. The van der Waals surface area contributed by atoms with E-state index in [1.54, 1.807) is 36.5 Å². The van der Waals surface area contributed by atoms with E-state index in [0.29, 0.717) is 39.5 Å². The smallest absolute Gasteiger partial charge is 0.289 e. The average molecular weight is 445 g/mol. The monoisotopic (exact) mass is 444 g/mol. The van der Waals surface area contributed by atoms with Gasteiger partial charge in [0.25, 0.3) is 6.02 Å². The van der Waals surface area contributed by atoms with E-state index in [9.17, 15) is 4.39 Å². The van der Waals surface area contributed by atoms with Gasteiger partial charge < -0.3 is 15.2 Å². The number of amidine groups is 1. The standard InChI is InChI=1S/C24H14ClFN4O2/c25-21-11-17-20(12-29-21)31-19-8-7-13(14-4-3-9-28-22(14)26)10-16(19)24(17)15-5-1-2-6-18(15)32-23(27)30-24/h1-12H,(H2,27,30). The van der Waals surface area contributed by atoms with Crippen LogP contribution >= 0.6 is 11.6 Å². The molecule has 0 saturated heterocycles. The quantitative estimate of drug-likeness (QED) is 0.416. The van der Waals surface area contributed by atoms with E-state index in [1.807, 2.05) is 30.3 Å². The third-order valence-corrected chi connectivity index (χ3v) is 5.86. The van der Waals surface area contributed by atoms with Gasteiger partial charge >= 0.3 is 0 Å². The van der Waals surface area contributed by atoms with Gasteiger partial charge in [0.05, 0.1) is 6.20 Å². The summed E-state index contributed by atoms with van der Waals surface area (Å²) in [6, 6.07) is 17.9. The van der Waals surface area contributed by atoms with Crippen LogP contribution in [0.1, 0.15) is 16.7 Å². The van der Waals surface area contributed by atoms with Gasteiger partial charge in [0, 0.05) is 28.5 Å². The molecule has 0 saturated carbocycles. The van der Waals surface area contributed by atoms with E-state index in [1.165, 1.54) is 6.20 Å². The van der Waals surface area contributed by atoms with Gasteiger partial charge in [-0.1, -0.05) is 35.9 Å². The second-order valence-corrected chi connectivity index (χ2v) is 7.80. The molecule has 2 N–H and O–H groups in total. The molecule has 0 bridgehead atoms. The summed E-state index contributed by atoms with van der Waals surface area (Å²) < 4.78 is 26.4. The van der Waals surface area contributed by atoms with Gasteiger partial charge in [-0.2, -0.15) is 4.39 Å². The molecule has 0 radical (unpaired) electrons. The van der Waals surface area contributed by atoms with Crippen molar-refractivity contribution < 1.29 is 13.9 Å². The molecule has 6 rings (SSSR count). The Hall–Kier alpha value is -3.97. The molecular formula is C24H14ClFN4O2. The first-order valence-corrected chi connectivity index (χ1v) is 10.2. The Labute approximate surface area is 187 Å². The maximum absolute atomic E-state index is 14.5. The van der Waals surface area contributed by atoms with E-state index < -0.39 is 11.5 Å². The Morgan fingerprint density at radius 3 is 2.53 bits per heavy atom. The number of benzene rings is 2. The highest BCUT2D eigenvalue weighted by atomic mass is 35.5. The van der Waals surface area contributed by atoms with Crippen LogP contribution < -0.4 is 15.2 Å². The summed E-state index contributed by atoms with van der Waals surface area (Å²) in [7, 11) is 0. The van der Waals surface area contributed by atoms with Crippen molar-refractivity contribution in [2.24, 2.45) is 10.7 Å². The fourth-order valence-electron chi connectivity index (χ4n) is 4.34. The van der Waals surface area contributed by atoms with Gasteiger partial charge in [-0.05, 0) is 42.0 Å². The topological polar surface area (TPSA) is 82.6 Å². The first kappa shape index (κ1) is 18.8. The molecule has 8 heteroatoms. The van der Waals surface area contributed by atoms with Crippen LogP contribution in [0.3, 0.4) is 0 Å². The van der Waals surface area contributed by atoms with Crippen LogP contribution in [0, 0.1) is 5.95 Å². The second kappa shape index (κ2) is 6.77. The third kappa shape index (κ3) is 2.61. The zero-order valence-electron chi connectivity index (χ0n) is 16.4.